The van der Waals surface area contributed by atoms with Crippen LogP contribution in [0.2, 0.25) is 0 Å². The van der Waals surface area contributed by atoms with E-state index in [1.807, 2.05) is 30.0 Å². The number of carbonyl (C=O) groups excluding carboxylic acids is 2. The Morgan fingerprint density at radius 1 is 1.05 bits per heavy atom. The highest BCUT2D eigenvalue weighted by Gasteiger charge is 2.51. The summed E-state index contributed by atoms with van der Waals surface area (Å²) in [6, 6.07) is 13.4. The number of quaternary nitrogens is 1. The van der Waals surface area contributed by atoms with Crippen LogP contribution in [-0.4, -0.2) is 67.9 Å². The van der Waals surface area contributed by atoms with E-state index in [2.05, 4.69) is 49.4 Å². The fourth-order valence-electron chi connectivity index (χ4n) is 7.75. The van der Waals surface area contributed by atoms with E-state index in [1.54, 1.807) is 11.8 Å². The molecule has 1 N–H and O–H groups in total. The van der Waals surface area contributed by atoms with Crippen LogP contribution in [0.1, 0.15) is 83.3 Å². The summed E-state index contributed by atoms with van der Waals surface area (Å²) in [4.78, 5) is 32.7. The van der Waals surface area contributed by atoms with Gasteiger partial charge in [0.05, 0.1) is 36.4 Å². The Hall–Kier alpha value is -3.10. The number of likely N-dealkylation sites (N-methyl/N-ethyl adjacent to an activating group) is 1. The maximum Gasteiger partial charge on any atom is 0.419 e. The van der Waals surface area contributed by atoms with Gasteiger partial charge in [0.15, 0.2) is 0 Å². The summed E-state index contributed by atoms with van der Waals surface area (Å²) in [5, 5.41) is 0. The highest BCUT2D eigenvalue weighted by atomic mass is 16.6. The second-order valence-electron chi connectivity index (χ2n) is 13.2. The van der Waals surface area contributed by atoms with Gasteiger partial charge < -0.3 is 14.5 Å². The molecule has 0 radical (unpaired) electrons. The van der Waals surface area contributed by atoms with Crippen LogP contribution in [0.3, 0.4) is 0 Å². The minimum atomic E-state index is -0.394. The predicted octanol–water partition coefficient (Wildman–Crippen LogP) is 5.99. The Morgan fingerprint density at radius 3 is 2.57 bits per heavy atom. The molecule has 1 saturated carbocycles. The molecular weight excluding hydrogens is 526 g/mol. The lowest BCUT2D eigenvalue weighted by atomic mass is 9.89. The van der Waals surface area contributed by atoms with Gasteiger partial charge >= 0.3 is 6.09 Å². The fourth-order valence-corrected chi connectivity index (χ4v) is 7.75. The topological polar surface area (TPSA) is 65.1 Å². The Kier molecular flexibility index (Phi) is 7.96. The third-order valence-electron chi connectivity index (χ3n) is 9.87. The van der Waals surface area contributed by atoms with Crippen molar-refractivity contribution in [3.8, 4) is 5.75 Å². The summed E-state index contributed by atoms with van der Waals surface area (Å²) in [5.74, 6) is 0.898. The van der Waals surface area contributed by atoms with Crippen LogP contribution in [0.5, 0.6) is 5.75 Å². The van der Waals surface area contributed by atoms with Crippen molar-refractivity contribution in [3.63, 3.8) is 0 Å². The molecule has 4 aliphatic rings. The molecule has 2 aromatic rings. The molecule has 4 atom stereocenters. The van der Waals surface area contributed by atoms with E-state index in [0.29, 0.717) is 30.3 Å². The third-order valence-corrected chi connectivity index (χ3v) is 9.87. The summed E-state index contributed by atoms with van der Waals surface area (Å²) in [6.45, 7) is 11.5. The highest BCUT2D eigenvalue weighted by Crippen LogP contribution is 2.44. The van der Waals surface area contributed by atoms with Crippen LogP contribution in [0.15, 0.2) is 36.4 Å². The molecule has 1 saturated heterocycles. The number of rotatable bonds is 7. The molecule has 2 aromatic carbocycles. The number of benzene rings is 2. The standard InChI is InChI=1S/C34H48N5O3/c1-6-9-30-29(22-39(5,35-30)27-13-14-27)26-12-16-31-33(19-26)37(21-23(3)38(31)24(4)40)34(41)42-28-15-11-25-10-8-18-36(17-7-2)32(25)20-28/h11-12,15-16,19-20,23,27,29-30,35H,6-10,13-14,17-18,21-22H2,1-5H3/q+1. The molecule has 8 nitrogen and oxygen atoms in total. The monoisotopic (exact) mass is 574 g/mol. The molecule has 2 amide bonds. The van der Waals surface area contributed by atoms with Crippen LogP contribution in [0.25, 0.3) is 0 Å². The van der Waals surface area contributed by atoms with Gasteiger partial charge in [-0.2, -0.15) is 5.43 Å². The van der Waals surface area contributed by atoms with Crippen molar-refractivity contribution >= 4 is 29.1 Å². The second kappa shape index (κ2) is 11.5. The first-order valence-corrected chi connectivity index (χ1v) is 16.2. The molecule has 42 heavy (non-hydrogen) atoms. The van der Waals surface area contributed by atoms with Gasteiger partial charge in [0.1, 0.15) is 18.3 Å². The Labute approximate surface area is 251 Å². The van der Waals surface area contributed by atoms with Crippen molar-refractivity contribution < 1.29 is 18.9 Å². The SMILES string of the molecule is CCCC1N[N+](C)(C2CC2)CC1c1ccc2c(c1)N(C(=O)Oc1ccc3c(c1)N(CCC)CCC3)CC(C)N2C(C)=O. The Bertz CT molecular complexity index is 1340. The average molecular weight is 575 g/mol. The molecule has 4 unspecified atom stereocenters. The average Bonchev–Trinajstić information content (AvgIpc) is 3.77. The molecule has 0 aromatic heterocycles. The number of ether oxygens (including phenoxy) is 1. The Balaban J connectivity index is 1.32. The van der Waals surface area contributed by atoms with Gasteiger partial charge in [-0.15, -0.1) is 0 Å². The molecule has 226 valence electrons. The molecule has 3 heterocycles. The van der Waals surface area contributed by atoms with E-state index in [4.69, 9.17) is 4.74 Å². The van der Waals surface area contributed by atoms with E-state index in [-0.39, 0.29) is 11.9 Å². The largest absolute Gasteiger partial charge is 0.419 e. The van der Waals surface area contributed by atoms with Crippen molar-refractivity contribution in [2.75, 3.05) is 47.9 Å². The van der Waals surface area contributed by atoms with Gasteiger partial charge in [-0.05, 0) is 61.9 Å². The number of carbonyl (C=O) groups is 2. The lowest BCUT2D eigenvalue weighted by Gasteiger charge is -2.40. The van der Waals surface area contributed by atoms with Crippen molar-refractivity contribution in [1.29, 1.82) is 0 Å². The molecular formula is C34H48N5O3+. The number of fused-ring (bicyclic) bond motifs is 2. The van der Waals surface area contributed by atoms with Crippen LogP contribution in [0, 0.1) is 0 Å². The van der Waals surface area contributed by atoms with E-state index >= 15 is 0 Å². The van der Waals surface area contributed by atoms with Crippen LogP contribution < -0.4 is 24.9 Å². The van der Waals surface area contributed by atoms with Crippen LogP contribution in [-0.2, 0) is 11.2 Å². The number of amides is 2. The molecule has 6 rings (SSSR count). The van der Waals surface area contributed by atoms with Gasteiger partial charge in [-0.25, -0.2) is 9.39 Å². The summed E-state index contributed by atoms with van der Waals surface area (Å²) in [5.41, 5.74) is 9.22. The number of hydrogen-bond acceptors (Lipinski definition) is 5. The second-order valence-corrected chi connectivity index (χ2v) is 13.2. The number of anilines is 3. The molecule has 3 aliphatic heterocycles. The van der Waals surface area contributed by atoms with Gasteiger partial charge in [0.2, 0.25) is 5.91 Å². The molecule has 1 aliphatic carbocycles. The van der Waals surface area contributed by atoms with Crippen LogP contribution >= 0.6 is 0 Å². The molecule has 0 spiro atoms. The Morgan fingerprint density at radius 2 is 1.86 bits per heavy atom. The molecule has 8 heteroatoms. The quantitative estimate of drug-likeness (QED) is 0.412. The summed E-state index contributed by atoms with van der Waals surface area (Å²) < 4.78 is 7.01. The highest BCUT2D eigenvalue weighted by molar-refractivity contribution is 6.02. The summed E-state index contributed by atoms with van der Waals surface area (Å²) in [6.07, 6.45) is 7.68. The zero-order chi connectivity index (χ0) is 29.6. The third kappa shape index (κ3) is 5.39. The lowest BCUT2D eigenvalue weighted by Crippen LogP contribution is -2.53. The van der Waals surface area contributed by atoms with Crippen LogP contribution in [0.4, 0.5) is 21.9 Å². The normalized spacial score (nSPS) is 27.1. The minimum Gasteiger partial charge on any atom is -0.410 e. The first-order valence-electron chi connectivity index (χ1n) is 16.2. The number of aryl methyl sites for hydroxylation is 1. The maximum absolute atomic E-state index is 13.9. The number of nitrogens with one attached hydrogen (secondary N) is 1. The van der Waals surface area contributed by atoms with Gasteiger partial charge in [0, 0.05) is 51.2 Å². The minimum absolute atomic E-state index is 0.0143. The van der Waals surface area contributed by atoms with E-state index in [9.17, 15) is 9.59 Å². The first kappa shape index (κ1) is 29.0. The number of nitrogens with zero attached hydrogens (tertiary/aromatic N) is 4. The maximum atomic E-state index is 13.9. The first-order chi connectivity index (χ1) is 20.2. The van der Waals surface area contributed by atoms with Crippen molar-refractivity contribution in [1.82, 2.24) is 5.43 Å². The van der Waals surface area contributed by atoms with Gasteiger partial charge in [-0.1, -0.05) is 32.4 Å². The smallest absolute Gasteiger partial charge is 0.410 e. The molecule has 2 fully saturated rings. The zero-order valence-electron chi connectivity index (χ0n) is 26.1. The van der Waals surface area contributed by atoms with Crippen molar-refractivity contribution in [3.05, 3.63) is 47.5 Å². The zero-order valence-corrected chi connectivity index (χ0v) is 26.1. The number of hydrogen-bond donors (Lipinski definition) is 1. The fraction of sp³-hybridized carbons (Fsp3) is 0.588. The van der Waals surface area contributed by atoms with E-state index in [1.165, 1.54) is 29.7 Å². The summed E-state index contributed by atoms with van der Waals surface area (Å²) in [7, 11) is 2.34. The van der Waals surface area contributed by atoms with Gasteiger partial charge in [0.25, 0.3) is 0 Å². The van der Waals surface area contributed by atoms with Gasteiger partial charge in [-0.3, -0.25) is 9.69 Å². The molecule has 0 bridgehead atoms. The van der Waals surface area contributed by atoms with E-state index in [0.717, 1.165) is 67.7 Å². The van der Waals surface area contributed by atoms with Crippen molar-refractivity contribution in [2.45, 2.75) is 96.7 Å². The predicted molar refractivity (Wildman–Crippen MR) is 168 cm³/mol. The lowest BCUT2D eigenvalue weighted by molar-refractivity contribution is -0.951. The van der Waals surface area contributed by atoms with E-state index < -0.39 is 6.09 Å². The summed E-state index contributed by atoms with van der Waals surface area (Å²) >= 11 is 0. The van der Waals surface area contributed by atoms with Crippen molar-refractivity contribution in [2.24, 2.45) is 0 Å².